The van der Waals surface area contributed by atoms with Gasteiger partial charge in [-0.05, 0) is 32.2 Å². The van der Waals surface area contributed by atoms with E-state index in [1.807, 2.05) is 0 Å². The summed E-state index contributed by atoms with van der Waals surface area (Å²) in [6.45, 7) is 5.36. The van der Waals surface area contributed by atoms with Crippen molar-refractivity contribution in [2.75, 3.05) is 19.1 Å². The summed E-state index contributed by atoms with van der Waals surface area (Å²) >= 11 is 1.28. The molecule has 0 atom stereocenters. The highest BCUT2D eigenvalue weighted by Crippen LogP contribution is 2.28. The summed E-state index contributed by atoms with van der Waals surface area (Å²) in [5.41, 5.74) is -0.218. The Morgan fingerprint density at radius 2 is 1.94 bits per heavy atom. The van der Waals surface area contributed by atoms with Crippen LogP contribution in [-0.2, 0) is 9.47 Å². The van der Waals surface area contributed by atoms with E-state index >= 15 is 0 Å². The Balaban J connectivity index is 2.91. The van der Waals surface area contributed by atoms with E-state index < -0.39 is 17.7 Å². The molecule has 6 heteroatoms. The highest BCUT2D eigenvalue weighted by atomic mass is 32.1. The SMILES string of the molecule is COC(=O)c1ccsc1N(C)C(=O)OC(C)(C)C. The van der Waals surface area contributed by atoms with Gasteiger partial charge >= 0.3 is 12.1 Å². The van der Waals surface area contributed by atoms with E-state index in [1.54, 1.807) is 39.3 Å². The minimum atomic E-state index is -0.575. The van der Waals surface area contributed by atoms with Crippen molar-refractivity contribution >= 4 is 28.4 Å². The molecule has 0 bridgehead atoms. The number of carbonyl (C=O) groups excluding carboxylic acids is 2. The van der Waals surface area contributed by atoms with Crippen LogP contribution in [-0.4, -0.2) is 31.8 Å². The molecule has 0 saturated heterocycles. The van der Waals surface area contributed by atoms with Gasteiger partial charge in [0.25, 0.3) is 0 Å². The van der Waals surface area contributed by atoms with Crippen molar-refractivity contribution < 1.29 is 19.1 Å². The molecule has 100 valence electrons. The van der Waals surface area contributed by atoms with Gasteiger partial charge in [-0.15, -0.1) is 11.3 Å². The van der Waals surface area contributed by atoms with Crippen LogP contribution in [0.2, 0.25) is 0 Å². The van der Waals surface area contributed by atoms with Crippen molar-refractivity contribution in [3.8, 4) is 0 Å². The van der Waals surface area contributed by atoms with Crippen molar-refractivity contribution in [2.45, 2.75) is 26.4 Å². The zero-order chi connectivity index (χ0) is 13.9. The van der Waals surface area contributed by atoms with E-state index in [0.717, 1.165) is 0 Å². The van der Waals surface area contributed by atoms with Gasteiger partial charge in [0.2, 0.25) is 0 Å². The van der Waals surface area contributed by atoms with Crippen molar-refractivity contribution in [1.82, 2.24) is 0 Å². The second-order valence-electron chi connectivity index (χ2n) is 4.67. The topological polar surface area (TPSA) is 55.8 Å². The fourth-order valence-corrected chi connectivity index (χ4v) is 2.08. The lowest BCUT2D eigenvalue weighted by Crippen LogP contribution is -2.34. The molecule has 5 nitrogen and oxygen atoms in total. The number of carbonyl (C=O) groups is 2. The molecular formula is C12H17NO4S. The standard InChI is InChI=1S/C12H17NO4S/c1-12(2,3)17-11(15)13(4)9-8(6-7-18-9)10(14)16-5/h6-7H,1-5H3. The maximum atomic E-state index is 11.9. The van der Waals surface area contributed by atoms with E-state index in [4.69, 9.17) is 4.74 Å². The molecule has 0 radical (unpaired) electrons. The molecule has 1 aromatic rings. The number of rotatable bonds is 2. The van der Waals surface area contributed by atoms with Gasteiger partial charge in [0, 0.05) is 7.05 Å². The Bertz CT molecular complexity index is 447. The molecule has 0 fully saturated rings. The highest BCUT2D eigenvalue weighted by Gasteiger charge is 2.25. The predicted octanol–water partition coefficient (Wildman–Crippen LogP) is 2.91. The minimum absolute atomic E-state index is 0.357. The lowest BCUT2D eigenvalue weighted by molar-refractivity contribution is 0.0588. The number of hydrogen-bond donors (Lipinski definition) is 0. The molecular weight excluding hydrogens is 254 g/mol. The average molecular weight is 271 g/mol. The van der Waals surface area contributed by atoms with Gasteiger partial charge in [-0.25, -0.2) is 9.59 Å². The number of hydrogen-bond acceptors (Lipinski definition) is 5. The number of ether oxygens (including phenoxy) is 2. The van der Waals surface area contributed by atoms with Crippen LogP contribution in [0.3, 0.4) is 0 Å². The quantitative estimate of drug-likeness (QED) is 0.776. The van der Waals surface area contributed by atoms with Crippen molar-refractivity contribution in [2.24, 2.45) is 0 Å². The molecule has 0 aliphatic rings. The molecule has 1 rings (SSSR count). The molecule has 0 aliphatic heterocycles. The van der Waals surface area contributed by atoms with Gasteiger partial charge < -0.3 is 9.47 Å². The largest absolute Gasteiger partial charge is 0.465 e. The first kappa shape index (κ1) is 14.5. The lowest BCUT2D eigenvalue weighted by Gasteiger charge is -2.24. The molecule has 0 aliphatic carbocycles. The summed E-state index contributed by atoms with van der Waals surface area (Å²) in [6, 6.07) is 1.62. The van der Waals surface area contributed by atoms with E-state index in [1.165, 1.54) is 23.3 Å². The normalized spacial score (nSPS) is 10.9. The highest BCUT2D eigenvalue weighted by molar-refractivity contribution is 7.14. The predicted molar refractivity (Wildman–Crippen MR) is 70.3 cm³/mol. The fourth-order valence-electron chi connectivity index (χ4n) is 1.24. The number of esters is 1. The van der Waals surface area contributed by atoms with Gasteiger partial charge in [-0.1, -0.05) is 0 Å². The first-order valence-electron chi connectivity index (χ1n) is 5.39. The number of amides is 1. The third kappa shape index (κ3) is 3.46. The van der Waals surface area contributed by atoms with Crippen LogP contribution < -0.4 is 4.90 Å². The second kappa shape index (κ2) is 5.39. The van der Waals surface area contributed by atoms with Crippen LogP contribution in [0.1, 0.15) is 31.1 Å². The molecule has 1 heterocycles. The Labute approximate surface area is 110 Å². The van der Waals surface area contributed by atoms with E-state index in [9.17, 15) is 9.59 Å². The summed E-state index contributed by atoms with van der Waals surface area (Å²) in [5.74, 6) is -0.471. The van der Waals surface area contributed by atoms with Crippen LogP contribution in [0.15, 0.2) is 11.4 Å². The first-order chi connectivity index (χ1) is 8.26. The van der Waals surface area contributed by atoms with Gasteiger partial charge in [-0.2, -0.15) is 0 Å². The van der Waals surface area contributed by atoms with E-state index in [2.05, 4.69) is 4.74 Å². The number of methoxy groups -OCH3 is 1. The number of nitrogens with zero attached hydrogens (tertiary/aromatic N) is 1. The Kier molecular flexibility index (Phi) is 4.34. The molecule has 0 aromatic carbocycles. The van der Waals surface area contributed by atoms with Crippen LogP contribution >= 0.6 is 11.3 Å². The average Bonchev–Trinajstić information content (AvgIpc) is 2.73. The van der Waals surface area contributed by atoms with E-state index in [-0.39, 0.29) is 0 Å². The maximum Gasteiger partial charge on any atom is 0.415 e. The molecule has 1 aromatic heterocycles. The Morgan fingerprint density at radius 3 is 2.44 bits per heavy atom. The molecule has 1 amide bonds. The van der Waals surface area contributed by atoms with Gasteiger partial charge in [0.15, 0.2) is 0 Å². The Hall–Kier alpha value is -1.56. The molecule has 0 spiro atoms. The molecule has 0 unspecified atom stereocenters. The Morgan fingerprint density at radius 1 is 1.33 bits per heavy atom. The fraction of sp³-hybridized carbons (Fsp3) is 0.500. The van der Waals surface area contributed by atoms with Crippen molar-refractivity contribution in [1.29, 1.82) is 0 Å². The third-order valence-electron chi connectivity index (χ3n) is 2.02. The zero-order valence-electron chi connectivity index (χ0n) is 11.1. The van der Waals surface area contributed by atoms with Crippen LogP contribution in [0.4, 0.5) is 9.80 Å². The van der Waals surface area contributed by atoms with Crippen LogP contribution in [0.25, 0.3) is 0 Å². The third-order valence-corrected chi connectivity index (χ3v) is 3.01. The second-order valence-corrected chi connectivity index (χ2v) is 5.56. The smallest absolute Gasteiger partial charge is 0.415 e. The lowest BCUT2D eigenvalue weighted by atomic mass is 10.2. The van der Waals surface area contributed by atoms with Gasteiger partial charge in [0.1, 0.15) is 10.6 Å². The molecule has 0 N–H and O–H groups in total. The monoisotopic (exact) mass is 271 g/mol. The van der Waals surface area contributed by atoms with Crippen molar-refractivity contribution in [3.63, 3.8) is 0 Å². The number of thiophene rings is 1. The van der Waals surface area contributed by atoms with Gasteiger partial charge in [0.05, 0.1) is 12.7 Å². The van der Waals surface area contributed by atoms with Crippen molar-refractivity contribution in [3.05, 3.63) is 17.0 Å². The molecule has 18 heavy (non-hydrogen) atoms. The zero-order valence-corrected chi connectivity index (χ0v) is 12.0. The summed E-state index contributed by atoms with van der Waals surface area (Å²) < 4.78 is 9.89. The minimum Gasteiger partial charge on any atom is -0.465 e. The van der Waals surface area contributed by atoms with E-state index in [0.29, 0.717) is 10.6 Å². The van der Waals surface area contributed by atoms with Gasteiger partial charge in [-0.3, -0.25) is 4.90 Å². The summed E-state index contributed by atoms with van der Waals surface area (Å²) in [7, 11) is 2.86. The maximum absolute atomic E-state index is 11.9. The number of anilines is 1. The van der Waals surface area contributed by atoms with Crippen LogP contribution in [0.5, 0.6) is 0 Å². The summed E-state index contributed by atoms with van der Waals surface area (Å²) in [5, 5.41) is 2.23. The molecule has 0 saturated carbocycles. The summed E-state index contributed by atoms with van der Waals surface area (Å²) in [4.78, 5) is 24.7. The summed E-state index contributed by atoms with van der Waals surface area (Å²) in [6.07, 6.45) is -0.505. The first-order valence-corrected chi connectivity index (χ1v) is 6.26. The van der Waals surface area contributed by atoms with Crippen LogP contribution in [0, 0.1) is 0 Å².